The van der Waals surface area contributed by atoms with E-state index in [1.165, 1.54) is 0 Å². The summed E-state index contributed by atoms with van der Waals surface area (Å²) in [6.07, 6.45) is 1.94. The van der Waals surface area contributed by atoms with Crippen molar-refractivity contribution >= 4 is 5.78 Å². The zero-order valence-electron chi connectivity index (χ0n) is 11.8. The minimum atomic E-state index is -0.109. The summed E-state index contributed by atoms with van der Waals surface area (Å²) in [5, 5.41) is 3.13. The lowest BCUT2D eigenvalue weighted by molar-refractivity contribution is -0.120. The number of hydrogen-bond acceptors (Lipinski definition) is 3. The third-order valence-electron chi connectivity index (χ3n) is 3.16. The zero-order valence-corrected chi connectivity index (χ0v) is 11.8. The van der Waals surface area contributed by atoms with Crippen LogP contribution in [-0.2, 0) is 9.53 Å². The molecule has 3 heteroatoms. The number of carbonyl (C=O) groups excluding carboxylic acids is 1. The first-order valence-electron chi connectivity index (χ1n) is 6.34. The summed E-state index contributed by atoms with van der Waals surface area (Å²) >= 11 is 0. The number of ketones is 1. The Kier molecular flexibility index (Phi) is 8.09. The second-order valence-electron chi connectivity index (χ2n) is 5.12. The van der Waals surface area contributed by atoms with E-state index in [9.17, 15) is 4.79 Å². The van der Waals surface area contributed by atoms with Gasteiger partial charge in [0.2, 0.25) is 0 Å². The Morgan fingerprint density at radius 2 is 1.94 bits per heavy atom. The van der Waals surface area contributed by atoms with Gasteiger partial charge in [0.05, 0.1) is 19.4 Å². The lowest BCUT2D eigenvalue weighted by Crippen LogP contribution is -2.41. The zero-order chi connectivity index (χ0) is 13.4. The van der Waals surface area contributed by atoms with Crippen molar-refractivity contribution in [2.45, 2.75) is 40.7 Å². The van der Waals surface area contributed by atoms with E-state index in [0.29, 0.717) is 31.1 Å². The predicted molar refractivity (Wildman–Crippen MR) is 71.8 cm³/mol. The van der Waals surface area contributed by atoms with Crippen LogP contribution in [0, 0.1) is 17.8 Å². The van der Waals surface area contributed by atoms with Crippen LogP contribution in [-0.4, -0.2) is 25.2 Å². The van der Waals surface area contributed by atoms with E-state index in [0.717, 1.165) is 0 Å². The summed E-state index contributed by atoms with van der Waals surface area (Å²) in [6.45, 7) is 14.8. The Balaban J connectivity index is 3.83. The molecular formula is C14H27NO2. The van der Waals surface area contributed by atoms with Crippen LogP contribution < -0.4 is 5.32 Å². The molecule has 0 radical (unpaired) electrons. The Morgan fingerprint density at radius 3 is 2.35 bits per heavy atom. The van der Waals surface area contributed by atoms with E-state index in [2.05, 4.69) is 25.7 Å². The minimum Gasteiger partial charge on any atom is -0.366 e. The van der Waals surface area contributed by atoms with E-state index in [1.54, 1.807) is 6.92 Å². The van der Waals surface area contributed by atoms with Gasteiger partial charge in [0.1, 0.15) is 5.78 Å². The monoisotopic (exact) mass is 241 g/mol. The topological polar surface area (TPSA) is 38.3 Å². The molecular weight excluding hydrogens is 214 g/mol. The molecule has 3 nitrogen and oxygen atoms in total. The van der Waals surface area contributed by atoms with E-state index in [4.69, 9.17) is 4.74 Å². The molecule has 0 spiro atoms. The molecule has 3 atom stereocenters. The van der Waals surface area contributed by atoms with E-state index >= 15 is 0 Å². The molecule has 0 aliphatic heterocycles. The van der Waals surface area contributed by atoms with Gasteiger partial charge in [0, 0.05) is 0 Å². The van der Waals surface area contributed by atoms with Crippen molar-refractivity contribution < 1.29 is 9.53 Å². The molecule has 3 unspecified atom stereocenters. The SMILES string of the molecule is C=CC(C)C(C)COCNC(C(C)=O)C(C)C. The molecule has 0 aliphatic carbocycles. The van der Waals surface area contributed by atoms with Gasteiger partial charge in [-0.05, 0) is 24.7 Å². The van der Waals surface area contributed by atoms with Crippen molar-refractivity contribution in [3.05, 3.63) is 12.7 Å². The highest BCUT2D eigenvalue weighted by Crippen LogP contribution is 2.11. The molecule has 0 amide bonds. The van der Waals surface area contributed by atoms with Crippen molar-refractivity contribution in [1.82, 2.24) is 5.32 Å². The summed E-state index contributed by atoms with van der Waals surface area (Å²) in [6, 6.07) is -0.109. The largest absolute Gasteiger partial charge is 0.366 e. The molecule has 0 saturated carbocycles. The standard InChI is InChI=1S/C14H27NO2/c1-7-11(4)12(5)8-17-9-15-14(10(2)3)13(6)16/h7,10-12,14-15H,1,8-9H2,2-6H3. The number of allylic oxidation sites excluding steroid dienone is 1. The first-order valence-corrected chi connectivity index (χ1v) is 6.34. The van der Waals surface area contributed by atoms with Crippen LogP contribution >= 0.6 is 0 Å². The van der Waals surface area contributed by atoms with Gasteiger partial charge in [-0.2, -0.15) is 0 Å². The van der Waals surface area contributed by atoms with Crippen LogP contribution in [0.3, 0.4) is 0 Å². The molecule has 0 saturated heterocycles. The molecule has 0 aliphatic rings. The number of carbonyl (C=O) groups is 1. The Hall–Kier alpha value is -0.670. The lowest BCUT2D eigenvalue weighted by atomic mass is 9.97. The van der Waals surface area contributed by atoms with Crippen LogP contribution in [0.4, 0.5) is 0 Å². The summed E-state index contributed by atoms with van der Waals surface area (Å²) in [7, 11) is 0. The molecule has 0 aromatic carbocycles. The molecule has 1 N–H and O–H groups in total. The predicted octanol–water partition coefficient (Wildman–Crippen LogP) is 2.62. The molecule has 0 aromatic heterocycles. The molecule has 0 aromatic rings. The van der Waals surface area contributed by atoms with Crippen LogP contribution in [0.1, 0.15) is 34.6 Å². The number of Topliss-reactive ketones (excluding diaryl/α,β-unsaturated/α-hetero) is 1. The molecule has 0 heterocycles. The normalized spacial score (nSPS) is 16.6. The van der Waals surface area contributed by atoms with Gasteiger partial charge in [0.15, 0.2) is 0 Å². The van der Waals surface area contributed by atoms with Crippen LogP contribution in [0.25, 0.3) is 0 Å². The Bertz CT molecular complexity index is 238. The third kappa shape index (κ3) is 6.59. The molecule has 17 heavy (non-hydrogen) atoms. The van der Waals surface area contributed by atoms with Gasteiger partial charge in [-0.25, -0.2) is 0 Å². The molecule has 0 rings (SSSR count). The van der Waals surface area contributed by atoms with Crippen molar-refractivity contribution in [3.8, 4) is 0 Å². The van der Waals surface area contributed by atoms with Gasteiger partial charge < -0.3 is 4.74 Å². The van der Waals surface area contributed by atoms with Crippen molar-refractivity contribution in [3.63, 3.8) is 0 Å². The van der Waals surface area contributed by atoms with Crippen LogP contribution in [0.2, 0.25) is 0 Å². The Morgan fingerprint density at radius 1 is 1.35 bits per heavy atom. The van der Waals surface area contributed by atoms with Gasteiger partial charge in [-0.3, -0.25) is 10.1 Å². The summed E-state index contributed by atoms with van der Waals surface area (Å²) in [5.41, 5.74) is 0. The minimum absolute atomic E-state index is 0.109. The quantitative estimate of drug-likeness (QED) is 0.383. The molecule has 100 valence electrons. The highest BCUT2D eigenvalue weighted by Gasteiger charge is 2.17. The fourth-order valence-electron chi connectivity index (χ4n) is 1.63. The number of ether oxygens (including phenoxy) is 1. The number of hydrogen-bond donors (Lipinski definition) is 1. The molecule has 0 fully saturated rings. The average Bonchev–Trinajstić information content (AvgIpc) is 2.26. The fraction of sp³-hybridized carbons (Fsp3) is 0.786. The Labute approximate surface area is 106 Å². The smallest absolute Gasteiger partial charge is 0.147 e. The van der Waals surface area contributed by atoms with Gasteiger partial charge in [-0.1, -0.05) is 33.8 Å². The van der Waals surface area contributed by atoms with E-state index < -0.39 is 0 Å². The van der Waals surface area contributed by atoms with Crippen LogP contribution in [0.15, 0.2) is 12.7 Å². The van der Waals surface area contributed by atoms with Crippen molar-refractivity contribution in [1.29, 1.82) is 0 Å². The van der Waals surface area contributed by atoms with Gasteiger partial charge in [-0.15, -0.1) is 6.58 Å². The fourth-order valence-corrected chi connectivity index (χ4v) is 1.63. The first kappa shape index (κ1) is 16.3. The van der Waals surface area contributed by atoms with Crippen molar-refractivity contribution in [2.75, 3.05) is 13.3 Å². The van der Waals surface area contributed by atoms with E-state index in [1.807, 2.05) is 19.9 Å². The average molecular weight is 241 g/mol. The van der Waals surface area contributed by atoms with Gasteiger partial charge in [0.25, 0.3) is 0 Å². The number of nitrogens with one attached hydrogen (secondary N) is 1. The van der Waals surface area contributed by atoms with Gasteiger partial charge >= 0.3 is 0 Å². The second kappa shape index (κ2) is 8.43. The van der Waals surface area contributed by atoms with Crippen molar-refractivity contribution in [2.24, 2.45) is 17.8 Å². The number of rotatable bonds is 9. The lowest BCUT2D eigenvalue weighted by Gasteiger charge is -2.21. The first-order chi connectivity index (χ1) is 7.90. The van der Waals surface area contributed by atoms with E-state index in [-0.39, 0.29) is 11.8 Å². The highest BCUT2D eigenvalue weighted by molar-refractivity contribution is 5.81. The maximum absolute atomic E-state index is 11.3. The van der Waals surface area contributed by atoms with Crippen LogP contribution in [0.5, 0.6) is 0 Å². The third-order valence-corrected chi connectivity index (χ3v) is 3.16. The summed E-state index contributed by atoms with van der Waals surface area (Å²) < 4.78 is 5.54. The maximum atomic E-state index is 11.3. The second-order valence-corrected chi connectivity index (χ2v) is 5.12. The highest BCUT2D eigenvalue weighted by atomic mass is 16.5. The molecule has 0 bridgehead atoms. The summed E-state index contributed by atoms with van der Waals surface area (Å²) in [5.74, 6) is 1.35. The maximum Gasteiger partial charge on any atom is 0.147 e. The summed E-state index contributed by atoms with van der Waals surface area (Å²) in [4.78, 5) is 11.3.